The van der Waals surface area contributed by atoms with Gasteiger partial charge in [-0.1, -0.05) is 35.9 Å². The second-order valence-electron chi connectivity index (χ2n) is 7.75. The van der Waals surface area contributed by atoms with Crippen molar-refractivity contribution in [2.75, 3.05) is 11.9 Å². The average Bonchev–Trinajstić information content (AvgIpc) is 3.29. The largest absolute Gasteiger partial charge is 0.347 e. The van der Waals surface area contributed by atoms with Gasteiger partial charge in [0.15, 0.2) is 5.69 Å². The summed E-state index contributed by atoms with van der Waals surface area (Å²) in [5.41, 5.74) is 6.92. The number of anilines is 1. The van der Waals surface area contributed by atoms with Gasteiger partial charge in [0.1, 0.15) is 17.3 Å². The van der Waals surface area contributed by atoms with Crippen molar-refractivity contribution in [2.24, 2.45) is 5.73 Å². The van der Waals surface area contributed by atoms with E-state index in [0.717, 1.165) is 0 Å². The monoisotopic (exact) mass is 492 g/mol. The number of rotatable bonds is 7. The van der Waals surface area contributed by atoms with Crippen molar-refractivity contribution in [2.45, 2.75) is 13.0 Å². The van der Waals surface area contributed by atoms with Crippen LogP contribution in [0.25, 0.3) is 16.9 Å². The fourth-order valence-corrected chi connectivity index (χ4v) is 3.54. The topological polar surface area (TPSA) is 115 Å². The summed E-state index contributed by atoms with van der Waals surface area (Å²) in [6.45, 7) is 2.04. The molecule has 10 heteroatoms. The van der Waals surface area contributed by atoms with Crippen LogP contribution < -0.4 is 16.4 Å². The van der Waals surface area contributed by atoms with E-state index in [-0.39, 0.29) is 40.4 Å². The first-order valence-corrected chi connectivity index (χ1v) is 11.1. The molecule has 178 valence electrons. The van der Waals surface area contributed by atoms with E-state index in [1.54, 1.807) is 37.3 Å². The number of pyridine rings is 1. The Bertz CT molecular complexity index is 1380. The summed E-state index contributed by atoms with van der Waals surface area (Å²) in [6.07, 6.45) is 1.46. The van der Waals surface area contributed by atoms with Crippen molar-refractivity contribution in [3.8, 4) is 16.9 Å². The molecule has 2 aromatic heterocycles. The number of hydrogen-bond donors (Lipinski definition) is 3. The molecule has 0 bridgehead atoms. The van der Waals surface area contributed by atoms with Crippen molar-refractivity contribution < 1.29 is 14.0 Å². The van der Waals surface area contributed by atoms with Gasteiger partial charge in [-0.05, 0) is 43.3 Å². The molecule has 35 heavy (non-hydrogen) atoms. The van der Waals surface area contributed by atoms with Crippen LogP contribution in [0, 0.1) is 5.82 Å². The Labute approximate surface area is 205 Å². The van der Waals surface area contributed by atoms with E-state index >= 15 is 0 Å². The number of nitrogens with zero attached hydrogens (tertiary/aromatic N) is 3. The summed E-state index contributed by atoms with van der Waals surface area (Å²) in [5.74, 6) is -1.27. The SMILES string of the molecule is C[C@@H](CN)NC(=O)c1cc(NC(=O)c2cc(-c3ncccc3F)ccc2Cl)n(-c2ccccc2)n1. The van der Waals surface area contributed by atoms with Gasteiger partial charge in [-0.25, -0.2) is 9.07 Å². The van der Waals surface area contributed by atoms with E-state index in [2.05, 4.69) is 20.7 Å². The molecule has 0 radical (unpaired) electrons. The van der Waals surface area contributed by atoms with Gasteiger partial charge < -0.3 is 16.4 Å². The zero-order valence-corrected chi connectivity index (χ0v) is 19.5. The predicted octanol–water partition coefficient (Wildman–Crippen LogP) is 4.06. The second kappa shape index (κ2) is 10.5. The van der Waals surface area contributed by atoms with E-state index in [1.165, 1.54) is 41.2 Å². The highest BCUT2D eigenvalue weighted by Gasteiger charge is 2.20. The first-order chi connectivity index (χ1) is 16.9. The summed E-state index contributed by atoms with van der Waals surface area (Å²) in [5, 5.41) is 10.0. The minimum absolute atomic E-state index is 0.0971. The number of aromatic nitrogens is 3. The molecule has 0 aliphatic carbocycles. The number of nitrogens with one attached hydrogen (secondary N) is 2. The van der Waals surface area contributed by atoms with Gasteiger partial charge in [0.25, 0.3) is 11.8 Å². The summed E-state index contributed by atoms with van der Waals surface area (Å²) in [6, 6.07) is 17.5. The standard InChI is InChI=1S/C25H22ClFN6O2/c1-15(14-28)30-25(35)21-13-22(33(32-21)17-6-3-2-4-7-17)31-24(34)18-12-16(9-10-19(18)26)23-20(27)8-5-11-29-23/h2-13,15H,14,28H2,1H3,(H,30,35)(H,31,34)/t15-/m0/s1. The lowest BCUT2D eigenvalue weighted by Crippen LogP contribution is -2.38. The Morgan fingerprint density at radius 2 is 1.86 bits per heavy atom. The molecule has 4 aromatic rings. The van der Waals surface area contributed by atoms with E-state index in [9.17, 15) is 14.0 Å². The second-order valence-corrected chi connectivity index (χ2v) is 8.16. The third-order valence-corrected chi connectivity index (χ3v) is 5.49. The molecule has 2 amide bonds. The summed E-state index contributed by atoms with van der Waals surface area (Å²) >= 11 is 6.30. The molecule has 0 saturated heterocycles. The molecule has 8 nitrogen and oxygen atoms in total. The Morgan fingerprint density at radius 1 is 1.09 bits per heavy atom. The summed E-state index contributed by atoms with van der Waals surface area (Å²) in [4.78, 5) is 29.9. The van der Waals surface area contributed by atoms with Gasteiger partial charge in [-0.15, -0.1) is 0 Å². The minimum atomic E-state index is -0.562. The van der Waals surface area contributed by atoms with Crippen LogP contribution in [0.15, 0.2) is 72.9 Å². The number of benzene rings is 2. The highest BCUT2D eigenvalue weighted by molar-refractivity contribution is 6.34. The van der Waals surface area contributed by atoms with Gasteiger partial charge >= 0.3 is 0 Å². The minimum Gasteiger partial charge on any atom is -0.347 e. The molecular formula is C25H22ClFN6O2. The van der Waals surface area contributed by atoms with Crippen LogP contribution in [-0.4, -0.2) is 39.2 Å². The molecule has 1 atom stereocenters. The lowest BCUT2D eigenvalue weighted by molar-refractivity contribution is 0.0935. The Morgan fingerprint density at radius 3 is 2.57 bits per heavy atom. The van der Waals surface area contributed by atoms with Crippen molar-refractivity contribution in [3.63, 3.8) is 0 Å². The van der Waals surface area contributed by atoms with Gasteiger partial charge in [0.05, 0.1) is 16.3 Å². The van der Waals surface area contributed by atoms with Gasteiger partial charge in [0.2, 0.25) is 0 Å². The fourth-order valence-electron chi connectivity index (χ4n) is 3.33. The lowest BCUT2D eigenvalue weighted by atomic mass is 10.1. The number of nitrogens with two attached hydrogens (primary N) is 1. The van der Waals surface area contributed by atoms with Crippen LogP contribution in [0.5, 0.6) is 0 Å². The van der Waals surface area contributed by atoms with Crippen LogP contribution in [0.3, 0.4) is 0 Å². The molecule has 0 saturated carbocycles. The maximum absolute atomic E-state index is 14.2. The quantitative estimate of drug-likeness (QED) is 0.360. The van der Waals surface area contributed by atoms with Gasteiger partial charge in [0, 0.05) is 30.4 Å². The molecule has 0 aliphatic heterocycles. The molecule has 2 aromatic carbocycles. The fraction of sp³-hybridized carbons (Fsp3) is 0.120. The Hall–Kier alpha value is -4.08. The number of carbonyl (C=O) groups is 2. The first-order valence-electron chi connectivity index (χ1n) is 10.8. The Kier molecular flexibility index (Phi) is 7.19. The van der Waals surface area contributed by atoms with E-state index < -0.39 is 17.6 Å². The third kappa shape index (κ3) is 5.37. The molecule has 0 spiro atoms. The highest BCUT2D eigenvalue weighted by atomic mass is 35.5. The van der Waals surface area contributed by atoms with Crippen molar-refractivity contribution >= 4 is 29.2 Å². The first kappa shape index (κ1) is 24.1. The highest BCUT2D eigenvalue weighted by Crippen LogP contribution is 2.27. The smallest absolute Gasteiger partial charge is 0.272 e. The Balaban J connectivity index is 1.69. The normalized spacial score (nSPS) is 11.7. The van der Waals surface area contributed by atoms with Crippen LogP contribution in [0.1, 0.15) is 27.8 Å². The van der Waals surface area contributed by atoms with E-state index in [4.69, 9.17) is 17.3 Å². The van der Waals surface area contributed by atoms with E-state index in [1.807, 2.05) is 6.07 Å². The van der Waals surface area contributed by atoms with Gasteiger partial charge in [-0.3, -0.25) is 14.6 Å². The summed E-state index contributed by atoms with van der Waals surface area (Å²) in [7, 11) is 0. The third-order valence-electron chi connectivity index (χ3n) is 5.16. The van der Waals surface area contributed by atoms with Crippen molar-refractivity contribution in [1.29, 1.82) is 0 Å². The average molecular weight is 493 g/mol. The van der Waals surface area contributed by atoms with Crippen molar-refractivity contribution in [3.05, 3.63) is 95.0 Å². The number of halogens is 2. The number of amides is 2. The number of carbonyl (C=O) groups excluding carboxylic acids is 2. The van der Waals surface area contributed by atoms with Crippen LogP contribution >= 0.6 is 11.6 Å². The van der Waals surface area contributed by atoms with Crippen LogP contribution in [-0.2, 0) is 0 Å². The predicted molar refractivity (Wildman–Crippen MR) is 132 cm³/mol. The molecule has 0 fully saturated rings. The molecule has 4 N–H and O–H groups in total. The maximum atomic E-state index is 14.2. The van der Waals surface area contributed by atoms with Crippen LogP contribution in [0.4, 0.5) is 10.2 Å². The maximum Gasteiger partial charge on any atom is 0.272 e. The van der Waals surface area contributed by atoms with Gasteiger partial charge in [-0.2, -0.15) is 5.10 Å². The zero-order chi connectivity index (χ0) is 24.9. The van der Waals surface area contributed by atoms with E-state index in [0.29, 0.717) is 11.3 Å². The van der Waals surface area contributed by atoms with Crippen molar-refractivity contribution in [1.82, 2.24) is 20.1 Å². The molecule has 2 heterocycles. The zero-order valence-electron chi connectivity index (χ0n) is 18.7. The molecule has 4 rings (SSSR count). The number of hydrogen-bond acceptors (Lipinski definition) is 5. The van der Waals surface area contributed by atoms with Crippen LogP contribution in [0.2, 0.25) is 5.02 Å². The summed E-state index contributed by atoms with van der Waals surface area (Å²) < 4.78 is 15.7. The molecule has 0 aliphatic rings. The number of para-hydroxylation sites is 1. The lowest BCUT2D eigenvalue weighted by Gasteiger charge is -2.11. The molecule has 0 unspecified atom stereocenters. The molecular weight excluding hydrogens is 471 g/mol.